The summed E-state index contributed by atoms with van der Waals surface area (Å²) in [7, 11) is 0. The number of rotatable bonds is 2. The summed E-state index contributed by atoms with van der Waals surface area (Å²) < 4.78 is 0. The first kappa shape index (κ1) is 13.1. The maximum atomic E-state index is 9.36. The summed E-state index contributed by atoms with van der Waals surface area (Å²) in [6.45, 7) is 5.95. The van der Waals surface area contributed by atoms with E-state index in [0.29, 0.717) is 5.56 Å². The van der Waals surface area contributed by atoms with E-state index < -0.39 is 0 Å². The zero-order valence-electron chi connectivity index (χ0n) is 11.9. The molecule has 0 atom stereocenters. The Morgan fingerprint density at radius 1 is 0.952 bits per heavy atom. The zero-order chi connectivity index (χ0) is 14.8. The minimum Gasteiger partial charge on any atom is -0.192 e. The molecule has 1 nitrogen and oxygen atoms in total. The largest absolute Gasteiger partial charge is 0.192 e. The fourth-order valence-corrected chi connectivity index (χ4v) is 2.52. The van der Waals surface area contributed by atoms with Crippen LogP contribution in [0.4, 0.5) is 0 Å². The molecular weight excluding hydrogens is 254 g/mol. The molecule has 0 unspecified atom stereocenters. The lowest BCUT2D eigenvalue weighted by molar-refractivity contribution is 1.50. The van der Waals surface area contributed by atoms with Gasteiger partial charge in [0.2, 0.25) is 0 Å². The fourth-order valence-electron chi connectivity index (χ4n) is 2.52. The van der Waals surface area contributed by atoms with Crippen molar-refractivity contribution < 1.29 is 0 Å². The molecule has 0 saturated heterocycles. The molecule has 0 aromatic heterocycles. The first-order chi connectivity index (χ1) is 10.2. The van der Waals surface area contributed by atoms with E-state index >= 15 is 0 Å². The second-order valence-corrected chi connectivity index (χ2v) is 5.21. The summed E-state index contributed by atoms with van der Waals surface area (Å²) >= 11 is 0. The number of hydrogen-bond acceptors (Lipinski definition) is 1. The predicted octanol–water partition coefficient (Wildman–Crippen LogP) is 5.41. The minimum absolute atomic E-state index is 0.715. The molecule has 0 spiro atoms. The van der Waals surface area contributed by atoms with Crippen LogP contribution in [0, 0.1) is 11.3 Å². The molecule has 1 heteroatoms. The Balaban J connectivity index is 2.16. The molecule has 0 saturated carbocycles. The van der Waals surface area contributed by atoms with Crippen LogP contribution in [0.15, 0.2) is 67.2 Å². The van der Waals surface area contributed by atoms with Gasteiger partial charge in [0.05, 0.1) is 11.6 Å². The quantitative estimate of drug-likeness (QED) is 0.610. The SMILES string of the molecule is C=C(C)c1ccc(-c2cc(C#N)c3ccccc3c2)cc1. The van der Waals surface area contributed by atoms with Crippen molar-refractivity contribution in [1.29, 1.82) is 5.26 Å². The molecule has 0 fully saturated rings. The second-order valence-electron chi connectivity index (χ2n) is 5.21. The third kappa shape index (κ3) is 2.44. The van der Waals surface area contributed by atoms with Crippen molar-refractivity contribution in [2.24, 2.45) is 0 Å². The summed E-state index contributed by atoms with van der Waals surface area (Å²) in [4.78, 5) is 0. The van der Waals surface area contributed by atoms with Gasteiger partial charge in [-0.1, -0.05) is 60.7 Å². The Labute approximate surface area is 124 Å². The molecule has 0 aliphatic heterocycles. The highest BCUT2D eigenvalue weighted by Crippen LogP contribution is 2.28. The minimum atomic E-state index is 0.715. The van der Waals surface area contributed by atoms with E-state index in [1.165, 1.54) is 0 Å². The summed E-state index contributed by atoms with van der Waals surface area (Å²) in [6.07, 6.45) is 0. The van der Waals surface area contributed by atoms with Crippen LogP contribution in [0.25, 0.3) is 27.5 Å². The van der Waals surface area contributed by atoms with Gasteiger partial charge in [0.1, 0.15) is 0 Å². The van der Waals surface area contributed by atoms with Crippen molar-refractivity contribution in [2.75, 3.05) is 0 Å². The second kappa shape index (κ2) is 5.26. The fraction of sp³-hybridized carbons (Fsp3) is 0.0500. The zero-order valence-corrected chi connectivity index (χ0v) is 11.9. The number of benzene rings is 3. The normalized spacial score (nSPS) is 10.3. The molecule has 3 rings (SSSR count). The Morgan fingerprint density at radius 2 is 1.67 bits per heavy atom. The standard InChI is InChI=1S/C20H15N/c1-14(2)15-7-9-16(10-8-15)18-11-17-5-3-4-6-20(17)19(12-18)13-21/h3-12H,1H2,2H3. The third-order valence-corrected chi connectivity index (χ3v) is 3.69. The van der Waals surface area contributed by atoms with E-state index in [2.05, 4.69) is 43.0 Å². The highest BCUT2D eigenvalue weighted by Gasteiger charge is 2.05. The molecule has 100 valence electrons. The highest BCUT2D eigenvalue weighted by atomic mass is 14.2. The van der Waals surface area contributed by atoms with Gasteiger partial charge in [-0.15, -0.1) is 0 Å². The molecular formula is C20H15N. The molecule has 21 heavy (non-hydrogen) atoms. The lowest BCUT2D eigenvalue weighted by Gasteiger charge is -2.07. The van der Waals surface area contributed by atoms with Crippen molar-refractivity contribution in [3.8, 4) is 17.2 Å². The van der Waals surface area contributed by atoms with Gasteiger partial charge in [-0.05, 0) is 46.5 Å². The summed E-state index contributed by atoms with van der Waals surface area (Å²) in [6, 6.07) is 22.7. The molecule has 3 aromatic carbocycles. The third-order valence-electron chi connectivity index (χ3n) is 3.69. The Hall–Kier alpha value is -2.85. The van der Waals surface area contributed by atoms with E-state index in [1.807, 2.05) is 37.3 Å². The van der Waals surface area contributed by atoms with Crippen molar-refractivity contribution in [3.05, 3.63) is 78.4 Å². The van der Waals surface area contributed by atoms with Gasteiger partial charge in [-0.3, -0.25) is 0 Å². The molecule has 3 aromatic rings. The van der Waals surface area contributed by atoms with Crippen LogP contribution in [0.3, 0.4) is 0 Å². The predicted molar refractivity (Wildman–Crippen MR) is 88.8 cm³/mol. The number of hydrogen-bond donors (Lipinski definition) is 0. The van der Waals surface area contributed by atoms with Crippen LogP contribution >= 0.6 is 0 Å². The molecule has 0 radical (unpaired) electrons. The van der Waals surface area contributed by atoms with Gasteiger partial charge in [0.25, 0.3) is 0 Å². The van der Waals surface area contributed by atoms with Crippen molar-refractivity contribution in [1.82, 2.24) is 0 Å². The van der Waals surface area contributed by atoms with Crippen LogP contribution < -0.4 is 0 Å². The molecule has 0 amide bonds. The average Bonchev–Trinajstić information content (AvgIpc) is 2.53. The van der Waals surface area contributed by atoms with Gasteiger partial charge in [-0.2, -0.15) is 5.26 Å². The van der Waals surface area contributed by atoms with E-state index in [0.717, 1.165) is 33.0 Å². The smallest absolute Gasteiger partial charge is 0.0998 e. The lowest BCUT2D eigenvalue weighted by atomic mass is 9.96. The molecule has 0 aliphatic rings. The van der Waals surface area contributed by atoms with Crippen LogP contribution in [0.1, 0.15) is 18.1 Å². The maximum absolute atomic E-state index is 9.36. The number of fused-ring (bicyclic) bond motifs is 1. The number of allylic oxidation sites excluding steroid dienone is 1. The van der Waals surface area contributed by atoms with E-state index in [4.69, 9.17) is 0 Å². The molecule has 0 aliphatic carbocycles. The topological polar surface area (TPSA) is 23.8 Å². The average molecular weight is 269 g/mol. The summed E-state index contributed by atoms with van der Waals surface area (Å²) in [5.41, 5.74) is 5.09. The molecule has 0 N–H and O–H groups in total. The monoisotopic (exact) mass is 269 g/mol. The van der Waals surface area contributed by atoms with Gasteiger partial charge in [-0.25, -0.2) is 0 Å². The van der Waals surface area contributed by atoms with E-state index in [9.17, 15) is 5.26 Å². The van der Waals surface area contributed by atoms with E-state index in [-0.39, 0.29) is 0 Å². The number of nitriles is 1. The van der Waals surface area contributed by atoms with Crippen LogP contribution in [-0.2, 0) is 0 Å². The maximum Gasteiger partial charge on any atom is 0.0998 e. The highest BCUT2D eigenvalue weighted by molar-refractivity contribution is 5.92. The molecule has 0 heterocycles. The van der Waals surface area contributed by atoms with Crippen molar-refractivity contribution >= 4 is 16.3 Å². The van der Waals surface area contributed by atoms with Gasteiger partial charge >= 0.3 is 0 Å². The van der Waals surface area contributed by atoms with Gasteiger partial charge in [0.15, 0.2) is 0 Å². The Kier molecular flexibility index (Phi) is 3.30. The van der Waals surface area contributed by atoms with Gasteiger partial charge < -0.3 is 0 Å². The van der Waals surface area contributed by atoms with Crippen molar-refractivity contribution in [2.45, 2.75) is 6.92 Å². The lowest BCUT2D eigenvalue weighted by Crippen LogP contribution is -1.85. The Bertz CT molecular complexity index is 864. The Morgan fingerprint density at radius 3 is 2.33 bits per heavy atom. The molecule has 0 bridgehead atoms. The summed E-state index contributed by atoms with van der Waals surface area (Å²) in [5.74, 6) is 0. The first-order valence-electron chi connectivity index (χ1n) is 6.88. The van der Waals surface area contributed by atoms with E-state index in [1.54, 1.807) is 0 Å². The van der Waals surface area contributed by atoms with Crippen LogP contribution in [0.5, 0.6) is 0 Å². The first-order valence-corrected chi connectivity index (χ1v) is 6.88. The number of nitrogens with zero attached hydrogens (tertiary/aromatic N) is 1. The van der Waals surface area contributed by atoms with Crippen LogP contribution in [0.2, 0.25) is 0 Å². The van der Waals surface area contributed by atoms with Gasteiger partial charge in [0, 0.05) is 0 Å². The van der Waals surface area contributed by atoms with Crippen LogP contribution in [-0.4, -0.2) is 0 Å². The van der Waals surface area contributed by atoms with Crippen molar-refractivity contribution in [3.63, 3.8) is 0 Å². The summed E-state index contributed by atoms with van der Waals surface area (Å²) in [5, 5.41) is 11.5.